The van der Waals surface area contributed by atoms with Crippen molar-refractivity contribution < 1.29 is 19.5 Å². The quantitative estimate of drug-likeness (QED) is 0.518. The number of piperidine rings is 2. The smallest absolute Gasteiger partial charge is 0.205 e. The number of nitrogens with zero attached hydrogens (tertiary/aromatic N) is 1. The molecule has 0 radical (unpaired) electrons. The highest BCUT2D eigenvalue weighted by Crippen LogP contribution is 2.90. The number of ketones is 1. The normalized spacial score (nSPS) is 73.6. The molecular formula is C21H28NO3+. The van der Waals surface area contributed by atoms with E-state index in [0.717, 1.165) is 44.2 Å². The standard InChI is InChI=1S/C21H28NO3/c1-10-5-19-8-21(25)17-18(2)6-11(23)7-20(17)13(19)4-12(10)15(24)14(19)16(20)22(21,3)9-18/h11-14,16-17,23,25H,1,4-9H2,2-3H3/q+1/t11-,12-,13?,14-,16+,17?,18?,19+,20-,21+,22?/m0/s1. The van der Waals surface area contributed by atoms with Gasteiger partial charge in [0.2, 0.25) is 5.72 Å². The highest BCUT2D eigenvalue weighted by Gasteiger charge is 2.98. The van der Waals surface area contributed by atoms with Crippen LogP contribution in [0.3, 0.4) is 0 Å². The van der Waals surface area contributed by atoms with E-state index in [1.54, 1.807) is 0 Å². The Morgan fingerprint density at radius 3 is 2.84 bits per heavy atom. The molecular weight excluding hydrogens is 314 g/mol. The number of aliphatic hydroxyl groups excluding tert-OH is 1. The summed E-state index contributed by atoms with van der Waals surface area (Å²) in [6.07, 6.45) is 4.03. The third-order valence-electron chi connectivity index (χ3n) is 10.8. The Kier molecular flexibility index (Phi) is 1.89. The summed E-state index contributed by atoms with van der Waals surface area (Å²) in [5.41, 5.74) is 0.359. The molecule has 2 spiro atoms. The molecule has 4 unspecified atom stereocenters. The van der Waals surface area contributed by atoms with E-state index in [-0.39, 0.29) is 46.1 Å². The molecule has 134 valence electrons. The zero-order chi connectivity index (χ0) is 17.4. The van der Waals surface area contributed by atoms with Crippen LogP contribution in [0.25, 0.3) is 0 Å². The van der Waals surface area contributed by atoms with E-state index >= 15 is 0 Å². The summed E-state index contributed by atoms with van der Waals surface area (Å²) < 4.78 is 0.689. The van der Waals surface area contributed by atoms with Crippen LogP contribution in [0.5, 0.6) is 0 Å². The summed E-state index contributed by atoms with van der Waals surface area (Å²) in [7, 11) is 2.24. The molecule has 4 nitrogen and oxygen atoms in total. The largest absolute Gasteiger partial charge is 0.393 e. The highest BCUT2D eigenvalue weighted by molar-refractivity contribution is 5.91. The second-order valence-electron chi connectivity index (χ2n) is 11.5. The van der Waals surface area contributed by atoms with E-state index in [1.165, 1.54) is 0 Å². The predicted molar refractivity (Wildman–Crippen MR) is 90.0 cm³/mol. The minimum Gasteiger partial charge on any atom is -0.393 e. The number of allylic oxidation sites excluding steroid dienone is 1. The van der Waals surface area contributed by atoms with Crippen LogP contribution in [0, 0.1) is 39.9 Å². The zero-order valence-electron chi connectivity index (χ0n) is 15.2. The molecule has 9 rings (SSSR count). The molecule has 11 atom stereocenters. The molecule has 0 aromatic rings. The first kappa shape index (κ1) is 14.4. The third-order valence-corrected chi connectivity index (χ3v) is 10.8. The number of Topliss-reactive ketones (excluding diaryl/α,β-unsaturated/α-hetero) is 1. The molecule has 3 saturated heterocycles. The zero-order valence-corrected chi connectivity index (χ0v) is 15.2. The number of quaternary nitrogens is 1. The fraction of sp³-hybridized carbons (Fsp3) is 0.857. The lowest BCUT2D eigenvalue weighted by atomic mass is 9.40. The molecule has 0 amide bonds. The topological polar surface area (TPSA) is 57.5 Å². The monoisotopic (exact) mass is 342 g/mol. The van der Waals surface area contributed by atoms with Gasteiger partial charge < -0.3 is 10.2 Å². The van der Waals surface area contributed by atoms with E-state index in [0.29, 0.717) is 16.2 Å². The van der Waals surface area contributed by atoms with Gasteiger partial charge in [-0.15, -0.1) is 0 Å². The molecule has 9 fully saturated rings. The van der Waals surface area contributed by atoms with Gasteiger partial charge in [0.05, 0.1) is 31.5 Å². The number of rotatable bonds is 0. The van der Waals surface area contributed by atoms with Gasteiger partial charge in [0.15, 0.2) is 0 Å². The first-order chi connectivity index (χ1) is 11.6. The molecule has 3 heterocycles. The Morgan fingerprint density at radius 1 is 1.32 bits per heavy atom. The molecule has 25 heavy (non-hydrogen) atoms. The van der Waals surface area contributed by atoms with Crippen molar-refractivity contribution in [3.05, 3.63) is 12.2 Å². The maximum Gasteiger partial charge on any atom is 0.205 e. The van der Waals surface area contributed by atoms with Crippen LogP contribution in [-0.4, -0.2) is 51.9 Å². The number of hydrogen-bond donors (Lipinski definition) is 2. The minimum absolute atomic E-state index is 0.00998. The van der Waals surface area contributed by atoms with Gasteiger partial charge in [0.1, 0.15) is 11.8 Å². The van der Waals surface area contributed by atoms with Gasteiger partial charge in [0, 0.05) is 28.6 Å². The van der Waals surface area contributed by atoms with Crippen molar-refractivity contribution in [2.24, 2.45) is 39.9 Å². The molecule has 6 aliphatic carbocycles. The molecule has 0 aromatic heterocycles. The van der Waals surface area contributed by atoms with Gasteiger partial charge in [0.25, 0.3) is 0 Å². The van der Waals surface area contributed by atoms with Crippen molar-refractivity contribution in [3.8, 4) is 0 Å². The Hall–Kier alpha value is -0.710. The lowest BCUT2D eigenvalue weighted by Crippen LogP contribution is -2.71. The number of fused-ring (bicyclic) bond motifs is 1. The molecule has 4 heteroatoms. The van der Waals surface area contributed by atoms with Gasteiger partial charge in [-0.25, -0.2) is 0 Å². The first-order valence-electron chi connectivity index (χ1n) is 10.1. The van der Waals surface area contributed by atoms with E-state index in [2.05, 4.69) is 20.6 Å². The summed E-state index contributed by atoms with van der Waals surface area (Å²) in [5, 5.41) is 23.0. The fourth-order valence-corrected chi connectivity index (χ4v) is 11.3. The van der Waals surface area contributed by atoms with Gasteiger partial charge in [-0.1, -0.05) is 19.1 Å². The molecule has 9 aliphatic rings. The summed E-state index contributed by atoms with van der Waals surface area (Å²) in [4.78, 5) is 13.5. The summed E-state index contributed by atoms with van der Waals surface area (Å²) in [5.74, 6) is 1.35. The molecule has 3 aliphatic heterocycles. The number of carbonyl (C=O) groups is 1. The summed E-state index contributed by atoms with van der Waals surface area (Å²) >= 11 is 0. The Balaban J connectivity index is 1.59. The van der Waals surface area contributed by atoms with Crippen molar-refractivity contribution >= 4 is 5.78 Å². The number of aliphatic hydroxyl groups is 2. The van der Waals surface area contributed by atoms with Gasteiger partial charge in [-0.05, 0) is 31.6 Å². The number of hydrogen-bond acceptors (Lipinski definition) is 3. The average Bonchev–Trinajstić information content (AvgIpc) is 2.75. The third kappa shape index (κ3) is 0.989. The first-order valence-corrected chi connectivity index (χ1v) is 10.1. The van der Waals surface area contributed by atoms with Crippen molar-refractivity contribution in [1.29, 1.82) is 0 Å². The van der Waals surface area contributed by atoms with Crippen LogP contribution in [-0.2, 0) is 4.79 Å². The van der Waals surface area contributed by atoms with Crippen molar-refractivity contribution in [3.63, 3.8) is 0 Å². The Bertz CT molecular complexity index is 809. The van der Waals surface area contributed by atoms with Crippen LogP contribution < -0.4 is 0 Å². The molecule has 0 aromatic carbocycles. The van der Waals surface area contributed by atoms with Crippen LogP contribution in [0.15, 0.2) is 12.2 Å². The molecule has 6 saturated carbocycles. The van der Waals surface area contributed by atoms with Crippen LogP contribution >= 0.6 is 0 Å². The Labute approximate surface area is 148 Å². The van der Waals surface area contributed by atoms with Crippen molar-refractivity contribution in [2.45, 2.75) is 56.9 Å². The van der Waals surface area contributed by atoms with Crippen LogP contribution in [0.4, 0.5) is 0 Å². The van der Waals surface area contributed by atoms with E-state index in [4.69, 9.17) is 0 Å². The summed E-state index contributed by atoms with van der Waals surface area (Å²) in [6, 6.07) is 0.231. The molecule has 2 N–H and O–H groups in total. The molecule has 9 bridgehead atoms. The second-order valence-corrected chi connectivity index (χ2v) is 11.5. The van der Waals surface area contributed by atoms with Gasteiger partial charge in [-0.2, -0.15) is 0 Å². The van der Waals surface area contributed by atoms with E-state index < -0.39 is 5.72 Å². The summed E-state index contributed by atoms with van der Waals surface area (Å²) in [6.45, 7) is 7.51. The van der Waals surface area contributed by atoms with Crippen LogP contribution in [0.1, 0.15) is 39.0 Å². The predicted octanol–water partition coefficient (Wildman–Crippen LogP) is 1.47. The minimum atomic E-state index is -0.697. The number of carbonyl (C=O) groups excluding carboxylic acids is 1. The maximum absolute atomic E-state index is 13.5. The average molecular weight is 342 g/mol. The Morgan fingerprint density at radius 2 is 2.08 bits per heavy atom. The van der Waals surface area contributed by atoms with E-state index in [9.17, 15) is 15.0 Å². The SMILES string of the molecule is C=C1C[C@@]23C[C@@]4(O)C5C6(C)C[C@H](O)C[C@@]57C2C[C@@H]1C(=O)[C@H]3[C@H]7[N+]4(C)C6. The van der Waals surface area contributed by atoms with Gasteiger partial charge >= 0.3 is 0 Å². The van der Waals surface area contributed by atoms with Crippen molar-refractivity contribution in [2.75, 3.05) is 13.6 Å². The lowest BCUT2D eigenvalue weighted by Gasteiger charge is -2.63. The van der Waals surface area contributed by atoms with Crippen molar-refractivity contribution in [1.82, 2.24) is 0 Å². The lowest BCUT2D eigenvalue weighted by molar-refractivity contribution is -0.994. The fourth-order valence-electron chi connectivity index (χ4n) is 11.3. The van der Waals surface area contributed by atoms with Gasteiger partial charge in [-0.3, -0.25) is 9.28 Å². The van der Waals surface area contributed by atoms with E-state index in [1.807, 2.05) is 0 Å². The highest BCUT2D eigenvalue weighted by atomic mass is 16.3. The maximum atomic E-state index is 13.5. The van der Waals surface area contributed by atoms with Crippen LogP contribution in [0.2, 0.25) is 0 Å². The second kappa shape index (κ2) is 3.29.